The maximum atomic E-state index is 12.3. The Hall–Kier alpha value is -2.14. The van der Waals surface area contributed by atoms with E-state index < -0.39 is 11.6 Å². The monoisotopic (exact) mass is 282 g/mol. The van der Waals surface area contributed by atoms with Gasteiger partial charge in [-0.3, -0.25) is 14.4 Å². The van der Waals surface area contributed by atoms with E-state index in [4.69, 9.17) is 4.42 Å². The van der Waals surface area contributed by atoms with Crippen molar-refractivity contribution in [3.8, 4) is 0 Å². The summed E-state index contributed by atoms with van der Waals surface area (Å²) < 4.78 is 5.36. The summed E-state index contributed by atoms with van der Waals surface area (Å²) in [7, 11) is 3.29. The van der Waals surface area contributed by atoms with Crippen molar-refractivity contribution < 1.29 is 18.8 Å². The Morgan fingerprint density at radius 3 is 2.55 bits per heavy atom. The average Bonchev–Trinajstić information content (AvgIpc) is 3.10. The minimum Gasteiger partial charge on any atom is -0.464 e. The zero-order valence-corrected chi connectivity index (χ0v) is 11.7. The maximum Gasteiger partial charge on any atom is 0.236 e. The molecule has 20 heavy (non-hydrogen) atoms. The summed E-state index contributed by atoms with van der Waals surface area (Å²) in [4.78, 5) is 36.4. The molecular weight excluding hydrogens is 274 g/mol. The van der Waals surface area contributed by atoms with E-state index in [-0.39, 0.29) is 16.9 Å². The van der Waals surface area contributed by atoms with Crippen LogP contribution >= 0.6 is 11.3 Å². The standard InChI is InChI=1S/C13H8B2O4S/c14-8-9(15)13-7(11(17)12(8)18)6(3-19-13)10(16)5-1-2-20-4-5/h1-4H,14-15H2. The van der Waals surface area contributed by atoms with Crippen molar-refractivity contribution in [2.24, 2.45) is 0 Å². The van der Waals surface area contributed by atoms with Crippen molar-refractivity contribution in [1.82, 2.24) is 0 Å². The molecule has 0 N–H and O–H groups in total. The molecule has 0 aromatic carbocycles. The van der Waals surface area contributed by atoms with Crippen LogP contribution in [0, 0.1) is 0 Å². The third-order valence-electron chi connectivity index (χ3n) is 3.50. The van der Waals surface area contributed by atoms with Crippen LogP contribution in [0.15, 0.2) is 33.0 Å². The molecule has 0 unspecified atom stereocenters. The van der Waals surface area contributed by atoms with E-state index in [1.807, 2.05) is 0 Å². The number of ketones is 3. The number of allylic oxidation sites excluding steroid dienone is 1. The van der Waals surface area contributed by atoms with Crippen LogP contribution in [0.25, 0.3) is 5.47 Å². The summed E-state index contributed by atoms with van der Waals surface area (Å²) >= 11 is 1.39. The van der Waals surface area contributed by atoms with Gasteiger partial charge in [-0.1, -0.05) is 0 Å². The summed E-state index contributed by atoms with van der Waals surface area (Å²) in [5.74, 6) is -1.22. The van der Waals surface area contributed by atoms with Crippen molar-refractivity contribution in [2.75, 3.05) is 0 Å². The van der Waals surface area contributed by atoms with Gasteiger partial charge in [0.15, 0.2) is 5.78 Å². The summed E-state index contributed by atoms with van der Waals surface area (Å²) in [6.07, 6.45) is 1.26. The Morgan fingerprint density at radius 2 is 1.90 bits per heavy atom. The van der Waals surface area contributed by atoms with Gasteiger partial charge >= 0.3 is 0 Å². The molecule has 3 rings (SSSR count). The zero-order chi connectivity index (χ0) is 14.4. The maximum absolute atomic E-state index is 12.3. The van der Waals surface area contributed by atoms with Gasteiger partial charge in [-0.2, -0.15) is 11.3 Å². The predicted octanol–water partition coefficient (Wildman–Crippen LogP) is 0.272. The van der Waals surface area contributed by atoms with Crippen LogP contribution in [-0.2, 0) is 4.79 Å². The van der Waals surface area contributed by atoms with Crippen molar-refractivity contribution in [2.45, 2.75) is 0 Å². The minimum atomic E-state index is -0.671. The molecular formula is C13H8B2O4S. The van der Waals surface area contributed by atoms with E-state index in [9.17, 15) is 14.4 Å². The molecule has 0 atom stereocenters. The molecule has 0 amide bonds. The van der Waals surface area contributed by atoms with Gasteiger partial charge in [-0.05, 0) is 22.4 Å². The summed E-state index contributed by atoms with van der Waals surface area (Å²) in [5.41, 5.74) is 1.71. The minimum absolute atomic E-state index is 0.0919. The average molecular weight is 282 g/mol. The highest BCUT2D eigenvalue weighted by Crippen LogP contribution is 2.31. The first-order valence-corrected chi connectivity index (χ1v) is 6.92. The van der Waals surface area contributed by atoms with E-state index in [0.717, 1.165) is 0 Å². The summed E-state index contributed by atoms with van der Waals surface area (Å²) in [5, 5.41) is 3.48. The largest absolute Gasteiger partial charge is 0.464 e. The highest BCUT2D eigenvalue weighted by atomic mass is 32.1. The second kappa shape index (κ2) is 4.45. The van der Waals surface area contributed by atoms with Crippen LogP contribution in [0.5, 0.6) is 0 Å². The zero-order valence-electron chi connectivity index (χ0n) is 10.9. The predicted molar refractivity (Wildman–Crippen MR) is 79.8 cm³/mol. The smallest absolute Gasteiger partial charge is 0.236 e. The molecule has 0 radical (unpaired) electrons. The number of hydrogen-bond donors (Lipinski definition) is 0. The van der Waals surface area contributed by atoms with Gasteiger partial charge in [0.2, 0.25) is 11.6 Å². The number of carbonyl (C=O) groups excluding carboxylic acids is 3. The Labute approximate surface area is 120 Å². The second-order valence-corrected chi connectivity index (χ2v) is 5.38. The molecule has 1 aliphatic rings. The lowest BCUT2D eigenvalue weighted by Gasteiger charge is -2.13. The summed E-state index contributed by atoms with van der Waals surface area (Å²) in [6.45, 7) is 0. The van der Waals surface area contributed by atoms with Crippen LogP contribution in [0.4, 0.5) is 0 Å². The quantitative estimate of drug-likeness (QED) is 0.450. The van der Waals surface area contributed by atoms with E-state index in [1.54, 1.807) is 32.5 Å². The molecule has 0 aliphatic heterocycles. The van der Waals surface area contributed by atoms with E-state index >= 15 is 0 Å². The molecule has 0 fully saturated rings. The fraction of sp³-hybridized carbons (Fsp3) is 0. The molecule has 4 nitrogen and oxygen atoms in total. The van der Waals surface area contributed by atoms with Crippen molar-refractivity contribution in [1.29, 1.82) is 0 Å². The highest BCUT2D eigenvalue weighted by molar-refractivity contribution is 7.08. The number of furan rings is 1. The number of fused-ring (bicyclic) bond motifs is 1. The molecule has 0 saturated heterocycles. The van der Waals surface area contributed by atoms with E-state index in [2.05, 4.69) is 0 Å². The molecule has 0 spiro atoms. The van der Waals surface area contributed by atoms with Gasteiger partial charge in [0.1, 0.15) is 27.7 Å². The Kier molecular flexibility index (Phi) is 2.87. The van der Waals surface area contributed by atoms with Crippen molar-refractivity contribution in [3.05, 3.63) is 51.0 Å². The topological polar surface area (TPSA) is 64.3 Å². The first kappa shape index (κ1) is 12.9. The lowest BCUT2D eigenvalue weighted by Crippen LogP contribution is -2.25. The van der Waals surface area contributed by atoms with Gasteiger partial charge in [-0.15, -0.1) is 0 Å². The molecule has 7 heteroatoms. The van der Waals surface area contributed by atoms with Gasteiger partial charge in [0.25, 0.3) is 0 Å². The lowest BCUT2D eigenvalue weighted by atomic mass is 9.70. The Bertz CT molecular complexity index is 783. The number of hydrogen-bond acceptors (Lipinski definition) is 5. The lowest BCUT2D eigenvalue weighted by molar-refractivity contribution is -0.111. The molecule has 0 bridgehead atoms. The van der Waals surface area contributed by atoms with Gasteiger partial charge in [0.05, 0.1) is 11.1 Å². The first-order valence-electron chi connectivity index (χ1n) is 5.97. The third kappa shape index (κ3) is 1.67. The molecule has 0 saturated carbocycles. The van der Waals surface area contributed by atoms with Crippen LogP contribution in [0.3, 0.4) is 0 Å². The number of thiophene rings is 1. The van der Waals surface area contributed by atoms with Crippen LogP contribution in [0.1, 0.15) is 32.0 Å². The number of carbonyl (C=O) groups is 3. The number of Topliss-reactive ketones (excluding diaryl/α,β-unsaturated/α-hetero) is 2. The number of rotatable bonds is 2. The highest BCUT2D eigenvalue weighted by Gasteiger charge is 2.35. The van der Waals surface area contributed by atoms with E-state index in [0.29, 0.717) is 22.3 Å². The molecule has 2 heterocycles. The third-order valence-corrected chi connectivity index (χ3v) is 4.18. The Morgan fingerprint density at radius 1 is 1.15 bits per heavy atom. The fourth-order valence-corrected chi connectivity index (χ4v) is 2.84. The van der Waals surface area contributed by atoms with Gasteiger partial charge < -0.3 is 4.42 Å². The normalized spacial score (nSPS) is 14.6. The van der Waals surface area contributed by atoms with Crippen LogP contribution in [-0.4, -0.2) is 33.0 Å². The Balaban J connectivity index is 2.20. The van der Waals surface area contributed by atoms with E-state index in [1.165, 1.54) is 17.6 Å². The fourth-order valence-electron chi connectivity index (χ4n) is 2.20. The first-order chi connectivity index (χ1) is 9.52. The van der Waals surface area contributed by atoms with Crippen LogP contribution in [0.2, 0.25) is 0 Å². The van der Waals surface area contributed by atoms with Gasteiger partial charge in [0, 0.05) is 10.9 Å². The molecule has 1 aliphatic carbocycles. The van der Waals surface area contributed by atoms with Crippen LogP contribution < -0.4 is 0 Å². The van der Waals surface area contributed by atoms with Gasteiger partial charge in [-0.25, -0.2) is 0 Å². The molecule has 96 valence electrons. The summed E-state index contributed by atoms with van der Waals surface area (Å²) in [6, 6.07) is 1.68. The SMILES string of the molecule is BC1=C(B)c2occ(C(=O)c3ccsc3)c2C(=O)C1=O. The van der Waals surface area contributed by atoms with Crippen molar-refractivity contribution >= 4 is 49.9 Å². The van der Waals surface area contributed by atoms with Crippen molar-refractivity contribution in [3.63, 3.8) is 0 Å². The molecule has 2 aromatic rings. The molecule has 2 aromatic heterocycles. The second-order valence-electron chi connectivity index (χ2n) is 4.60.